The summed E-state index contributed by atoms with van der Waals surface area (Å²) in [5.41, 5.74) is 0. The lowest BCUT2D eigenvalue weighted by atomic mass is 10.3. The molecule has 0 unspecified atom stereocenters. The maximum Gasteiger partial charge on any atom is 0.0897 e. The summed E-state index contributed by atoms with van der Waals surface area (Å²) >= 11 is 3.59. The van der Waals surface area contributed by atoms with Gasteiger partial charge in [-0.3, -0.25) is 0 Å². The third-order valence-corrected chi connectivity index (χ3v) is 3.95. The minimum absolute atomic E-state index is 0.941. The van der Waals surface area contributed by atoms with Gasteiger partial charge in [0.15, 0.2) is 0 Å². The molecule has 0 saturated carbocycles. The van der Waals surface area contributed by atoms with Crippen LogP contribution in [0.25, 0.3) is 0 Å². The maximum atomic E-state index is 4.23. The number of hydrogen-bond donors (Lipinski definition) is 1. The number of aryl methyl sites for hydroxylation is 1. The molecule has 0 fully saturated rings. The molecule has 2 aromatic heterocycles. The van der Waals surface area contributed by atoms with E-state index >= 15 is 0 Å². The Hall–Kier alpha value is -0.710. The minimum Gasteiger partial charge on any atom is -0.311 e. The first-order valence-electron chi connectivity index (χ1n) is 4.99. The second kappa shape index (κ2) is 5.39. The monoisotopic (exact) mass is 238 g/mol. The van der Waals surface area contributed by atoms with Gasteiger partial charge >= 0.3 is 0 Å². The lowest BCUT2D eigenvalue weighted by Gasteiger charge is -2.00. The van der Waals surface area contributed by atoms with Crippen molar-refractivity contribution in [1.29, 1.82) is 0 Å². The van der Waals surface area contributed by atoms with Crippen molar-refractivity contribution in [3.05, 3.63) is 38.5 Å². The van der Waals surface area contributed by atoms with Gasteiger partial charge in [0, 0.05) is 29.0 Å². The van der Waals surface area contributed by atoms with Crippen molar-refractivity contribution in [2.75, 3.05) is 6.54 Å². The third kappa shape index (κ3) is 3.41. The van der Waals surface area contributed by atoms with Crippen molar-refractivity contribution in [2.45, 2.75) is 19.9 Å². The molecule has 0 aromatic carbocycles. The van der Waals surface area contributed by atoms with Gasteiger partial charge in [-0.2, -0.15) is 0 Å². The molecule has 0 radical (unpaired) electrons. The molecular weight excluding hydrogens is 224 g/mol. The van der Waals surface area contributed by atoms with E-state index < -0.39 is 0 Å². The van der Waals surface area contributed by atoms with E-state index in [1.165, 1.54) is 9.75 Å². The molecule has 4 heteroatoms. The number of nitrogens with zero attached hydrogens (tertiary/aromatic N) is 1. The second-order valence-corrected chi connectivity index (χ2v) is 5.70. The highest BCUT2D eigenvalue weighted by atomic mass is 32.1. The topological polar surface area (TPSA) is 24.9 Å². The number of thiophene rings is 1. The van der Waals surface area contributed by atoms with E-state index in [0.717, 1.165) is 24.5 Å². The molecule has 0 spiro atoms. The van der Waals surface area contributed by atoms with Gasteiger partial charge in [-0.15, -0.1) is 22.7 Å². The SMILES string of the molecule is Cc1ncc(CNCCc2cccs2)s1. The van der Waals surface area contributed by atoms with Crippen LogP contribution in [0.2, 0.25) is 0 Å². The zero-order valence-corrected chi connectivity index (χ0v) is 10.3. The van der Waals surface area contributed by atoms with Crippen LogP contribution in [-0.2, 0) is 13.0 Å². The quantitative estimate of drug-likeness (QED) is 0.810. The number of thiazole rings is 1. The lowest BCUT2D eigenvalue weighted by molar-refractivity contribution is 0.696. The van der Waals surface area contributed by atoms with Crippen molar-refractivity contribution in [3.8, 4) is 0 Å². The Morgan fingerprint density at radius 3 is 3.00 bits per heavy atom. The summed E-state index contributed by atoms with van der Waals surface area (Å²) in [4.78, 5) is 6.99. The molecule has 80 valence electrons. The fourth-order valence-electron chi connectivity index (χ4n) is 1.37. The molecule has 0 aliphatic heterocycles. The number of rotatable bonds is 5. The Morgan fingerprint density at radius 1 is 1.40 bits per heavy atom. The van der Waals surface area contributed by atoms with Crippen molar-refractivity contribution in [3.63, 3.8) is 0 Å². The first-order chi connectivity index (χ1) is 7.34. The van der Waals surface area contributed by atoms with Crippen molar-refractivity contribution < 1.29 is 0 Å². The fourth-order valence-corrected chi connectivity index (χ4v) is 2.84. The maximum absolute atomic E-state index is 4.23. The molecule has 0 saturated heterocycles. The molecule has 2 rings (SSSR count). The van der Waals surface area contributed by atoms with E-state index in [1.54, 1.807) is 11.3 Å². The van der Waals surface area contributed by atoms with Gasteiger partial charge in [0.2, 0.25) is 0 Å². The van der Waals surface area contributed by atoms with E-state index in [0.29, 0.717) is 0 Å². The van der Waals surface area contributed by atoms with E-state index in [4.69, 9.17) is 0 Å². The van der Waals surface area contributed by atoms with Gasteiger partial charge in [-0.25, -0.2) is 4.98 Å². The molecule has 1 N–H and O–H groups in total. The average Bonchev–Trinajstić information content (AvgIpc) is 2.84. The standard InChI is InChI=1S/C11H14N2S2/c1-9-13-8-11(15-9)7-12-5-4-10-3-2-6-14-10/h2-3,6,8,12H,4-5,7H2,1H3. The molecule has 2 nitrogen and oxygen atoms in total. The molecular formula is C11H14N2S2. The van der Waals surface area contributed by atoms with Gasteiger partial charge in [0.1, 0.15) is 0 Å². The molecule has 0 atom stereocenters. The van der Waals surface area contributed by atoms with E-state index in [9.17, 15) is 0 Å². The normalized spacial score (nSPS) is 10.7. The van der Waals surface area contributed by atoms with Crippen LogP contribution < -0.4 is 5.32 Å². The summed E-state index contributed by atoms with van der Waals surface area (Å²) < 4.78 is 0. The van der Waals surface area contributed by atoms with Gasteiger partial charge in [-0.05, 0) is 24.8 Å². The molecule has 0 amide bonds. The van der Waals surface area contributed by atoms with Crippen LogP contribution in [-0.4, -0.2) is 11.5 Å². The van der Waals surface area contributed by atoms with Crippen LogP contribution in [0.3, 0.4) is 0 Å². The van der Waals surface area contributed by atoms with Crippen LogP contribution >= 0.6 is 22.7 Å². The number of hydrogen-bond acceptors (Lipinski definition) is 4. The first-order valence-corrected chi connectivity index (χ1v) is 6.68. The smallest absolute Gasteiger partial charge is 0.0897 e. The van der Waals surface area contributed by atoms with Crippen LogP contribution in [0.15, 0.2) is 23.7 Å². The zero-order chi connectivity index (χ0) is 10.5. The molecule has 0 aliphatic carbocycles. The summed E-state index contributed by atoms with van der Waals surface area (Å²) in [6.45, 7) is 4.02. The summed E-state index contributed by atoms with van der Waals surface area (Å²) in [6, 6.07) is 4.29. The van der Waals surface area contributed by atoms with Crippen LogP contribution in [0.5, 0.6) is 0 Å². The van der Waals surface area contributed by atoms with Crippen molar-refractivity contribution >= 4 is 22.7 Å². The van der Waals surface area contributed by atoms with Crippen LogP contribution in [0.1, 0.15) is 14.8 Å². The van der Waals surface area contributed by atoms with Gasteiger partial charge in [0.05, 0.1) is 5.01 Å². The summed E-state index contributed by atoms with van der Waals surface area (Å²) in [6.07, 6.45) is 3.08. The van der Waals surface area contributed by atoms with E-state index in [2.05, 4.69) is 27.8 Å². The summed E-state index contributed by atoms with van der Waals surface area (Å²) in [7, 11) is 0. The first kappa shape index (κ1) is 10.8. The highest BCUT2D eigenvalue weighted by Gasteiger charge is 1.97. The van der Waals surface area contributed by atoms with Crippen LogP contribution in [0, 0.1) is 6.92 Å². The predicted octanol–water partition coefficient (Wildman–Crippen LogP) is 2.85. The Kier molecular flexibility index (Phi) is 3.88. The highest BCUT2D eigenvalue weighted by Crippen LogP contribution is 2.11. The van der Waals surface area contributed by atoms with E-state index in [-0.39, 0.29) is 0 Å². The van der Waals surface area contributed by atoms with Gasteiger partial charge < -0.3 is 5.32 Å². The minimum atomic E-state index is 0.941. The number of aromatic nitrogens is 1. The Labute approximate surface area is 98.0 Å². The number of nitrogens with one attached hydrogen (secondary N) is 1. The Bertz CT molecular complexity index is 392. The van der Waals surface area contributed by atoms with Crippen molar-refractivity contribution in [1.82, 2.24) is 10.3 Å². The Balaban J connectivity index is 1.67. The lowest BCUT2D eigenvalue weighted by Crippen LogP contribution is -2.15. The Morgan fingerprint density at radius 2 is 2.33 bits per heavy atom. The van der Waals surface area contributed by atoms with Gasteiger partial charge in [-0.1, -0.05) is 6.07 Å². The fraction of sp³-hybridized carbons (Fsp3) is 0.364. The largest absolute Gasteiger partial charge is 0.311 e. The predicted molar refractivity (Wildman–Crippen MR) is 66.6 cm³/mol. The average molecular weight is 238 g/mol. The molecule has 0 aliphatic rings. The second-order valence-electron chi connectivity index (χ2n) is 3.35. The highest BCUT2D eigenvalue weighted by molar-refractivity contribution is 7.11. The summed E-state index contributed by atoms with van der Waals surface area (Å²) in [5.74, 6) is 0. The third-order valence-electron chi connectivity index (χ3n) is 2.10. The molecule has 15 heavy (non-hydrogen) atoms. The summed E-state index contributed by atoms with van der Waals surface area (Å²) in [5, 5.41) is 6.70. The van der Waals surface area contributed by atoms with Crippen molar-refractivity contribution in [2.24, 2.45) is 0 Å². The molecule has 0 bridgehead atoms. The van der Waals surface area contributed by atoms with Gasteiger partial charge in [0.25, 0.3) is 0 Å². The molecule has 2 aromatic rings. The zero-order valence-electron chi connectivity index (χ0n) is 8.69. The van der Waals surface area contributed by atoms with Crippen LogP contribution in [0.4, 0.5) is 0 Å². The van der Waals surface area contributed by atoms with E-state index in [1.807, 2.05) is 24.5 Å². The molecule has 2 heterocycles.